The van der Waals surface area contributed by atoms with Gasteiger partial charge in [-0.3, -0.25) is 4.79 Å². The Kier molecular flexibility index (Phi) is 3.46. The van der Waals surface area contributed by atoms with Crippen molar-refractivity contribution in [3.63, 3.8) is 0 Å². The van der Waals surface area contributed by atoms with Gasteiger partial charge in [0.05, 0.1) is 12.8 Å². The Hall–Kier alpha value is -2.10. The van der Waals surface area contributed by atoms with Crippen LogP contribution in [-0.4, -0.2) is 17.1 Å². The van der Waals surface area contributed by atoms with Crippen LogP contribution < -0.4 is 10.3 Å². The van der Waals surface area contributed by atoms with E-state index in [0.29, 0.717) is 23.5 Å². The van der Waals surface area contributed by atoms with Crippen LogP contribution in [0.4, 0.5) is 0 Å². The minimum Gasteiger partial charge on any atom is -0.496 e. The fourth-order valence-electron chi connectivity index (χ4n) is 1.85. The zero-order valence-electron chi connectivity index (χ0n) is 10.8. The van der Waals surface area contributed by atoms with Crippen LogP contribution in [0.25, 0.3) is 11.3 Å². The van der Waals surface area contributed by atoms with Gasteiger partial charge < -0.3 is 9.72 Å². The lowest BCUT2D eigenvalue weighted by Crippen LogP contribution is -2.15. The number of hydrogen-bond acceptors (Lipinski definition) is 3. The molecule has 94 valence electrons. The molecule has 0 saturated carbocycles. The van der Waals surface area contributed by atoms with E-state index in [0.717, 1.165) is 11.3 Å². The lowest BCUT2D eigenvalue weighted by molar-refractivity contribution is 0.416. The van der Waals surface area contributed by atoms with E-state index in [1.165, 1.54) is 0 Å². The molecule has 1 heterocycles. The maximum atomic E-state index is 11.9. The van der Waals surface area contributed by atoms with Crippen LogP contribution >= 0.6 is 0 Å². The smallest absolute Gasteiger partial charge is 0.254 e. The number of para-hydroxylation sites is 1. The van der Waals surface area contributed by atoms with Gasteiger partial charge in [0.15, 0.2) is 0 Å². The second-order valence-electron chi connectivity index (χ2n) is 4.04. The van der Waals surface area contributed by atoms with Gasteiger partial charge in [0.1, 0.15) is 11.6 Å². The Morgan fingerprint density at radius 2 is 2.06 bits per heavy atom. The summed E-state index contributed by atoms with van der Waals surface area (Å²) in [7, 11) is 1.61. The molecule has 1 N–H and O–H groups in total. The van der Waals surface area contributed by atoms with Gasteiger partial charge in [-0.1, -0.05) is 19.1 Å². The number of nitrogens with zero attached hydrogens (tertiary/aromatic N) is 1. The normalized spacial score (nSPS) is 10.4. The van der Waals surface area contributed by atoms with Crippen molar-refractivity contribution < 1.29 is 4.74 Å². The summed E-state index contributed by atoms with van der Waals surface area (Å²) in [5.74, 6) is 1.41. The second-order valence-corrected chi connectivity index (χ2v) is 4.04. The van der Waals surface area contributed by atoms with Gasteiger partial charge >= 0.3 is 0 Å². The number of H-pyrrole nitrogens is 1. The van der Waals surface area contributed by atoms with E-state index in [-0.39, 0.29) is 5.56 Å². The summed E-state index contributed by atoms with van der Waals surface area (Å²) in [6.07, 6.45) is 0.692. The summed E-state index contributed by atoms with van der Waals surface area (Å²) in [6, 6.07) is 7.58. The summed E-state index contributed by atoms with van der Waals surface area (Å²) >= 11 is 0. The summed E-state index contributed by atoms with van der Waals surface area (Å²) in [5, 5.41) is 0. The highest BCUT2D eigenvalue weighted by atomic mass is 16.5. The highest BCUT2D eigenvalue weighted by Crippen LogP contribution is 2.29. The number of rotatable bonds is 3. The predicted octanol–water partition coefficient (Wildman–Crippen LogP) is 2.32. The highest BCUT2D eigenvalue weighted by Gasteiger charge is 2.12. The fraction of sp³-hybridized carbons (Fsp3) is 0.286. The molecule has 2 rings (SSSR count). The van der Waals surface area contributed by atoms with Gasteiger partial charge in [0.2, 0.25) is 0 Å². The van der Waals surface area contributed by atoms with Crippen molar-refractivity contribution in [3.05, 3.63) is 46.0 Å². The Balaban J connectivity index is 2.70. The summed E-state index contributed by atoms with van der Waals surface area (Å²) < 4.78 is 5.32. The molecule has 4 heteroatoms. The third-order valence-corrected chi connectivity index (χ3v) is 2.90. The topological polar surface area (TPSA) is 55.0 Å². The standard InChI is InChI=1S/C14H16N2O2/c1-4-12-15-13(9(2)14(17)16-12)10-7-5-6-8-11(10)18-3/h5-8H,4H2,1-3H3,(H,15,16,17). The number of nitrogens with one attached hydrogen (secondary N) is 1. The van der Waals surface area contributed by atoms with Crippen molar-refractivity contribution in [2.45, 2.75) is 20.3 Å². The van der Waals surface area contributed by atoms with Crippen molar-refractivity contribution in [3.8, 4) is 17.0 Å². The molecule has 1 aromatic carbocycles. The number of hydrogen-bond donors (Lipinski definition) is 1. The van der Waals surface area contributed by atoms with E-state index in [1.54, 1.807) is 14.0 Å². The molecule has 0 unspecified atom stereocenters. The van der Waals surface area contributed by atoms with Crippen molar-refractivity contribution in [2.75, 3.05) is 7.11 Å². The molecule has 0 saturated heterocycles. The van der Waals surface area contributed by atoms with E-state index >= 15 is 0 Å². The molecule has 0 aliphatic heterocycles. The van der Waals surface area contributed by atoms with Crippen molar-refractivity contribution in [1.82, 2.24) is 9.97 Å². The molecule has 18 heavy (non-hydrogen) atoms. The third-order valence-electron chi connectivity index (χ3n) is 2.90. The van der Waals surface area contributed by atoms with E-state index < -0.39 is 0 Å². The van der Waals surface area contributed by atoms with Gasteiger partial charge in [-0.15, -0.1) is 0 Å². The van der Waals surface area contributed by atoms with E-state index in [9.17, 15) is 4.79 Å². The first kappa shape index (κ1) is 12.4. The summed E-state index contributed by atoms with van der Waals surface area (Å²) in [4.78, 5) is 19.1. The third kappa shape index (κ3) is 2.14. The quantitative estimate of drug-likeness (QED) is 0.901. The molecule has 0 atom stereocenters. The molecule has 0 bridgehead atoms. The SMILES string of the molecule is CCc1nc(-c2ccccc2OC)c(C)c(=O)[nH]1. The molecule has 4 nitrogen and oxygen atoms in total. The maximum Gasteiger partial charge on any atom is 0.254 e. The number of benzene rings is 1. The highest BCUT2D eigenvalue weighted by molar-refractivity contribution is 5.69. The van der Waals surface area contributed by atoms with E-state index in [1.807, 2.05) is 31.2 Å². The Morgan fingerprint density at radius 1 is 1.33 bits per heavy atom. The van der Waals surface area contributed by atoms with Crippen LogP contribution in [0, 0.1) is 6.92 Å². The summed E-state index contributed by atoms with van der Waals surface area (Å²) in [6.45, 7) is 3.73. The van der Waals surface area contributed by atoms with Gasteiger partial charge in [-0.25, -0.2) is 4.98 Å². The largest absolute Gasteiger partial charge is 0.496 e. The zero-order chi connectivity index (χ0) is 13.1. The first-order valence-corrected chi connectivity index (χ1v) is 5.90. The van der Waals surface area contributed by atoms with Crippen LogP contribution in [0.5, 0.6) is 5.75 Å². The molecule has 0 spiro atoms. The number of methoxy groups -OCH3 is 1. The van der Waals surface area contributed by atoms with Crippen LogP contribution in [0.3, 0.4) is 0 Å². The lowest BCUT2D eigenvalue weighted by atomic mass is 10.1. The monoisotopic (exact) mass is 244 g/mol. The Morgan fingerprint density at radius 3 is 2.72 bits per heavy atom. The molecule has 0 radical (unpaired) electrons. The minimum absolute atomic E-state index is 0.0947. The Bertz CT molecular complexity index is 617. The first-order chi connectivity index (χ1) is 8.67. The van der Waals surface area contributed by atoms with Crippen molar-refractivity contribution in [2.24, 2.45) is 0 Å². The molecule has 0 amide bonds. The van der Waals surface area contributed by atoms with Gasteiger partial charge in [-0.05, 0) is 19.1 Å². The van der Waals surface area contributed by atoms with E-state index in [4.69, 9.17) is 4.74 Å². The zero-order valence-corrected chi connectivity index (χ0v) is 10.8. The van der Waals surface area contributed by atoms with E-state index in [2.05, 4.69) is 9.97 Å². The Labute approximate surface area is 106 Å². The molecular weight excluding hydrogens is 228 g/mol. The summed E-state index contributed by atoms with van der Waals surface area (Å²) in [5.41, 5.74) is 2.05. The number of aromatic amines is 1. The van der Waals surface area contributed by atoms with Gasteiger partial charge in [-0.2, -0.15) is 0 Å². The van der Waals surface area contributed by atoms with Gasteiger partial charge in [0, 0.05) is 17.5 Å². The molecule has 0 aliphatic carbocycles. The fourth-order valence-corrected chi connectivity index (χ4v) is 1.85. The van der Waals surface area contributed by atoms with Crippen LogP contribution in [0.1, 0.15) is 18.3 Å². The van der Waals surface area contributed by atoms with Crippen LogP contribution in [0.15, 0.2) is 29.1 Å². The number of ether oxygens (including phenoxy) is 1. The second kappa shape index (κ2) is 5.04. The molecular formula is C14H16N2O2. The van der Waals surface area contributed by atoms with Crippen molar-refractivity contribution >= 4 is 0 Å². The maximum absolute atomic E-state index is 11.9. The lowest BCUT2D eigenvalue weighted by Gasteiger charge is -2.10. The predicted molar refractivity (Wildman–Crippen MR) is 71.0 cm³/mol. The molecule has 2 aromatic rings. The number of aryl methyl sites for hydroxylation is 1. The average molecular weight is 244 g/mol. The first-order valence-electron chi connectivity index (χ1n) is 5.90. The van der Waals surface area contributed by atoms with Crippen LogP contribution in [0.2, 0.25) is 0 Å². The average Bonchev–Trinajstić information content (AvgIpc) is 2.41. The number of aromatic nitrogens is 2. The molecule has 1 aromatic heterocycles. The van der Waals surface area contributed by atoms with Crippen molar-refractivity contribution in [1.29, 1.82) is 0 Å². The van der Waals surface area contributed by atoms with Gasteiger partial charge in [0.25, 0.3) is 5.56 Å². The molecule has 0 aliphatic rings. The molecule has 0 fully saturated rings. The minimum atomic E-state index is -0.0947. The van der Waals surface area contributed by atoms with Crippen LogP contribution in [-0.2, 0) is 6.42 Å².